The van der Waals surface area contributed by atoms with Crippen molar-refractivity contribution in [2.24, 2.45) is 0 Å². The highest BCUT2D eigenvalue weighted by Crippen LogP contribution is 2.21. The summed E-state index contributed by atoms with van der Waals surface area (Å²) in [6.45, 7) is 1.42. The van der Waals surface area contributed by atoms with Crippen LogP contribution in [0.25, 0.3) is 0 Å². The summed E-state index contributed by atoms with van der Waals surface area (Å²) in [6.07, 6.45) is 3.61. The third-order valence-electron chi connectivity index (χ3n) is 2.15. The molecule has 0 fully saturated rings. The zero-order valence-electron chi connectivity index (χ0n) is 8.53. The highest BCUT2D eigenvalue weighted by Gasteiger charge is 2.00. The third kappa shape index (κ3) is 2.73. The van der Waals surface area contributed by atoms with E-state index in [9.17, 15) is 4.39 Å². The highest BCUT2D eigenvalue weighted by atomic mass is 35.5. The number of nitrogens with zero attached hydrogens (tertiary/aromatic N) is 2. The fraction of sp³-hybridized carbons (Fsp3) is 0.182. The molecule has 5 heteroatoms. The average molecular weight is 240 g/mol. The van der Waals surface area contributed by atoms with Crippen LogP contribution in [0.4, 0.5) is 10.1 Å². The minimum atomic E-state index is -0.331. The van der Waals surface area contributed by atoms with Gasteiger partial charge in [-0.3, -0.25) is 4.68 Å². The van der Waals surface area contributed by atoms with E-state index in [2.05, 4.69) is 10.4 Å². The molecule has 1 aromatic carbocycles. The summed E-state index contributed by atoms with van der Waals surface area (Å²) >= 11 is 5.87. The summed E-state index contributed by atoms with van der Waals surface area (Å²) in [5.74, 6) is -0.331. The highest BCUT2D eigenvalue weighted by molar-refractivity contribution is 6.33. The van der Waals surface area contributed by atoms with E-state index in [0.717, 1.165) is 12.2 Å². The van der Waals surface area contributed by atoms with Crippen molar-refractivity contribution in [3.63, 3.8) is 0 Å². The maximum Gasteiger partial charge on any atom is 0.124 e. The van der Waals surface area contributed by atoms with Gasteiger partial charge in [-0.25, -0.2) is 4.39 Å². The zero-order valence-corrected chi connectivity index (χ0v) is 9.28. The van der Waals surface area contributed by atoms with Crippen LogP contribution in [0.3, 0.4) is 0 Å². The molecule has 3 nitrogen and oxygen atoms in total. The summed E-state index contributed by atoms with van der Waals surface area (Å²) in [5.41, 5.74) is 0.732. The van der Waals surface area contributed by atoms with Gasteiger partial charge in [-0.15, -0.1) is 0 Å². The molecule has 16 heavy (non-hydrogen) atoms. The molecule has 0 amide bonds. The first kappa shape index (κ1) is 11.0. The summed E-state index contributed by atoms with van der Waals surface area (Å²) in [4.78, 5) is 0. The first-order chi connectivity index (χ1) is 7.75. The number of anilines is 1. The van der Waals surface area contributed by atoms with Crippen molar-refractivity contribution in [3.05, 3.63) is 47.5 Å². The van der Waals surface area contributed by atoms with Crippen molar-refractivity contribution < 1.29 is 4.39 Å². The van der Waals surface area contributed by atoms with Crippen LogP contribution in [-0.2, 0) is 6.54 Å². The smallest absolute Gasteiger partial charge is 0.124 e. The molecule has 0 aliphatic heterocycles. The second kappa shape index (κ2) is 4.99. The molecule has 1 aromatic heterocycles. The molecule has 0 bridgehead atoms. The molecule has 0 atom stereocenters. The lowest BCUT2D eigenvalue weighted by molar-refractivity contribution is 0.627. The Balaban J connectivity index is 1.90. The van der Waals surface area contributed by atoms with Gasteiger partial charge in [-0.1, -0.05) is 11.6 Å². The molecule has 1 N–H and O–H groups in total. The molecule has 0 spiro atoms. The van der Waals surface area contributed by atoms with Crippen LogP contribution < -0.4 is 5.32 Å². The van der Waals surface area contributed by atoms with Crippen LogP contribution in [0.1, 0.15) is 0 Å². The molecule has 0 unspecified atom stereocenters. The molecule has 0 saturated heterocycles. The predicted molar refractivity (Wildman–Crippen MR) is 62.1 cm³/mol. The molecule has 84 valence electrons. The van der Waals surface area contributed by atoms with Gasteiger partial charge >= 0.3 is 0 Å². The Morgan fingerprint density at radius 2 is 2.31 bits per heavy atom. The minimum absolute atomic E-state index is 0.331. The number of rotatable bonds is 4. The lowest BCUT2D eigenvalue weighted by atomic mass is 10.3. The van der Waals surface area contributed by atoms with Gasteiger partial charge in [0.15, 0.2) is 0 Å². The van der Waals surface area contributed by atoms with E-state index in [0.29, 0.717) is 11.6 Å². The molecule has 0 radical (unpaired) electrons. The van der Waals surface area contributed by atoms with Gasteiger partial charge in [-0.2, -0.15) is 5.10 Å². The largest absolute Gasteiger partial charge is 0.382 e. The first-order valence-corrected chi connectivity index (χ1v) is 5.30. The van der Waals surface area contributed by atoms with Crippen LogP contribution in [0.2, 0.25) is 5.02 Å². The van der Waals surface area contributed by atoms with Gasteiger partial charge < -0.3 is 5.32 Å². The first-order valence-electron chi connectivity index (χ1n) is 4.92. The molecular weight excluding hydrogens is 229 g/mol. The number of nitrogens with one attached hydrogen (secondary N) is 1. The number of benzene rings is 1. The van der Waals surface area contributed by atoms with Crippen molar-refractivity contribution in [2.45, 2.75) is 6.54 Å². The van der Waals surface area contributed by atoms with Crippen LogP contribution in [0, 0.1) is 5.82 Å². The Morgan fingerprint density at radius 1 is 1.44 bits per heavy atom. The SMILES string of the molecule is Fc1ccc(NCCn2cccn2)c(Cl)c1. The molecular formula is C11H11ClFN3. The number of halogens is 2. The van der Waals surface area contributed by atoms with Crippen LogP contribution in [0.5, 0.6) is 0 Å². The number of hydrogen-bond donors (Lipinski definition) is 1. The summed E-state index contributed by atoms with van der Waals surface area (Å²) < 4.78 is 14.6. The van der Waals surface area contributed by atoms with Crippen LogP contribution >= 0.6 is 11.6 Å². The third-order valence-corrected chi connectivity index (χ3v) is 2.46. The van der Waals surface area contributed by atoms with Crippen molar-refractivity contribution in [2.75, 3.05) is 11.9 Å². The second-order valence-corrected chi connectivity index (χ2v) is 3.73. The minimum Gasteiger partial charge on any atom is -0.382 e. The van der Waals surface area contributed by atoms with E-state index in [1.165, 1.54) is 12.1 Å². The average Bonchev–Trinajstić information content (AvgIpc) is 2.74. The fourth-order valence-electron chi connectivity index (χ4n) is 1.37. The van der Waals surface area contributed by atoms with E-state index >= 15 is 0 Å². The van der Waals surface area contributed by atoms with E-state index in [1.807, 2.05) is 16.9 Å². The van der Waals surface area contributed by atoms with Crippen molar-refractivity contribution in [1.82, 2.24) is 9.78 Å². The molecule has 2 rings (SSSR count). The molecule has 0 aliphatic carbocycles. The van der Waals surface area contributed by atoms with Crippen molar-refractivity contribution >= 4 is 17.3 Å². The maximum atomic E-state index is 12.8. The van der Waals surface area contributed by atoms with E-state index in [-0.39, 0.29) is 5.82 Å². The summed E-state index contributed by atoms with van der Waals surface area (Å²) in [7, 11) is 0. The van der Waals surface area contributed by atoms with E-state index in [4.69, 9.17) is 11.6 Å². The Bertz CT molecular complexity index is 456. The standard InChI is InChI=1S/C11H11ClFN3/c12-10-8-9(13)2-3-11(10)14-5-7-16-6-1-4-15-16/h1-4,6,8,14H,5,7H2. The van der Waals surface area contributed by atoms with Crippen molar-refractivity contribution in [1.29, 1.82) is 0 Å². The van der Waals surface area contributed by atoms with Crippen LogP contribution in [0.15, 0.2) is 36.7 Å². The van der Waals surface area contributed by atoms with E-state index < -0.39 is 0 Å². The monoisotopic (exact) mass is 239 g/mol. The van der Waals surface area contributed by atoms with Gasteiger partial charge in [-0.05, 0) is 24.3 Å². The van der Waals surface area contributed by atoms with Gasteiger partial charge in [0, 0.05) is 18.9 Å². The Kier molecular flexibility index (Phi) is 3.41. The summed E-state index contributed by atoms with van der Waals surface area (Å²) in [6, 6.07) is 6.16. The van der Waals surface area contributed by atoms with Gasteiger partial charge in [0.05, 0.1) is 17.3 Å². The molecule has 1 heterocycles. The van der Waals surface area contributed by atoms with E-state index in [1.54, 1.807) is 12.3 Å². The van der Waals surface area contributed by atoms with Gasteiger partial charge in [0.1, 0.15) is 5.82 Å². The fourth-order valence-corrected chi connectivity index (χ4v) is 1.60. The predicted octanol–water partition coefficient (Wildman–Crippen LogP) is 2.79. The zero-order chi connectivity index (χ0) is 11.4. The topological polar surface area (TPSA) is 29.9 Å². The second-order valence-electron chi connectivity index (χ2n) is 3.32. The lowest BCUT2D eigenvalue weighted by Crippen LogP contribution is -2.10. The van der Waals surface area contributed by atoms with Crippen molar-refractivity contribution in [3.8, 4) is 0 Å². The number of hydrogen-bond acceptors (Lipinski definition) is 2. The number of aromatic nitrogens is 2. The molecule has 0 saturated carbocycles. The quantitative estimate of drug-likeness (QED) is 0.889. The van der Waals surface area contributed by atoms with Gasteiger partial charge in [0.2, 0.25) is 0 Å². The lowest BCUT2D eigenvalue weighted by Gasteiger charge is -2.08. The Labute approximate surface area is 97.8 Å². The van der Waals surface area contributed by atoms with Crippen LogP contribution in [-0.4, -0.2) is 16.3 Å². The molecule has 2 aromatic rings. The Morgan fingerprint density at radius 3 is 3.00 bits per heavy atom. The normalized spacial score (nSPS) is 10.4. The summed E-state index contributed by atoms with van der Waals surface area (Å²) in [5, 5.41) is 7.58. The Hall–Kier alpha value is -1.55. The van der Waals surface area contributed by atoms with Gasteiger partial charge in [0.25, 0.3) is 0 Å². The molecule has 0 aliphatic rings. The maximum absolute atomic E-state index is 12.8.